The van der Waals surface area contributed by atoms with E-state index >= 15 is 0 Å². The van der Waals surface area contributed by atoms with Gasteiger partial charge in [-0.25, -0.2) is 9.79 Å². The minimum atomic E-state index is -0.760. The maximum atomic E-state index is 14.3. The largest absolute Gasteiger partial charge is 0.496 e. The van der Waals surface area contributed by atoms with Gasteiger partial charge >= 0.3 is 5.97 Å². The van der Waals surface area contributed by atoms with Gasteiger partial charge in [0.25, 0.3) is 5.56 Å². The van der Waals surface area contributed by atoms with E-state index in [1.807, 2.05) is 77.2 Å². The molecule has 44 heavy (non-hydrogen) atoms. The van der Waals surface area contributed by atoms with Crippen LogP contribution in [0.5, 0.6) is 5.75 Å². The fourth-order valence-corrected chi connectivity index (χ4v) is 7.19. The summed E-state index contributed by atoms with van der Waals surface area (Å²) in [5.74, 6) is 0.175. The molecule has 0 unspecified atom stereocenters. The fourth-order valence-electron chi connectivity index (χ4n) is 6.18. The van der Waals surface area contributed by atoms with Gasteiger partial charge in [-0.15, -0.1) is 0 Å². The summed E-state index contributed by atoms with van der Waals surface area (Å²) in [6, 6.07) is 14.6. The van der Waals surface area contributed by atoms with Crippen molar-refractivity contribution in [3.05, 3.63) is 96.8 Å². The molecule has 0 saturated carbocycles. The number of fused-ring (bicyclic) bond motifs is 2. The van der Waals surface area contributed by atoms with Crippen LogP contribution in [0, 0.1) is 0 Å². The average molecular weight is 613 g/mol. The molecule has 1 atom stereocenters. The molecule has 1 amide bonds. The second-order valence-corrected chi connectivity index (χ2v) is 12.0. The van der Waals surface area contributed by atoms with E-state index in [0.717, 1.165) is 48.8 Å². The molecule has 0 radical (unpaired) electrons. The van der Waals surface area contributed by atoms with E-state index in [2.05, 4.69) is 0 Å². The summed E-state index contributed by atoms with van der Waals surface area (Å²) < 4.78 is 15.3. The summed E-state index contributed by atoms with van der Waals surface area (Å²) in [5.41, 5.74) is 3.17. The van der Waals surface area contributed by atoms with Crippen LogP contribution in [0.25, 0.3) is 17.0 Å². The topological polar surface area (TPSA) is 95.1 Å². The Morgan fingerprint density at radius 1 is 1.07 bits per heavy atom. The molecule has 0 bridgehead atoms. The predicted molar refractivity (Wildman–Crippen MR) is 170 cm³/mol. The number of carbonyl (C=O) groups excluding carboxylic acids is 2. The highest BCUT2D eigenvalue weighted by Gasteiger charge is 2.36. The second kappa shape index (κ2) is 12.7. The van der Waals surface area contributed by atoms with Crippen molar-refractivity contribution < 1.29 is 19.1 Å². The number of nitrogens with zero attached hydrogens (tertiary/aromatic N) is 4. The second-order valence-electron chi connectivity index (χ2n) is 11.0. The van der Waals surface area contributed by atoms with Gasteiger partial charge in [0.15, 0.2) is 4.80 Å². The quantitative estimate of drug-likeness (QED) is 0.265. The van der Waals surface area contributed by atoms with Crippen LogP contribution in [0.3, 0.4) is 0 Å². The number of ether oxygens (including phenoxy) is 2. The number of hydrogen-bond acceptors (Lipinski definition) is 7. The number of benzene rings is 2. The number of para-hydroxylation sites is 2. The summed E-state index contributed by atoms with van der Waals surface area (Å²) in [4.78, 5) is 48.1. The van der Waals surface area contributed by atoms with Crippen molar-refractivity contribution in [3.8, 4) is 5.75 Å². The molecule has 0 aliphatic carbocycles. The van der Waals surface area contributed by atoms with Gasteiger partial charge in [0.05, 0.1) is 29.5 Å². The van der Waals surface area contributed by atoms with Crippen molar-refractivity contribution >= 4 is 40.2 Å². The molecule has 10 heteroatoms. The Hall–Kier alpha value is -4.44. The van der Waals surface area contributed by atoms with Crippen molar-refractivity contribution in [1.82, 2.24) is 14.0 Å². The molecular formula is C34H36N4O5S. The maximum absolute atomic E-state index is 14.3. The number of allylic oxidation sites excluding steroid dienone is 1. The van der Waals surface area contributed by atoms with E-state index in [-0.39, 0.29) is 24.6 Å². The summed E-state index contributed by atoms with van der Waals surface area (Å²) >= 11 is 1.29. The molecule has 4 aromatic rings. The Morgan fingerprint density at radius 3 is 2.57 bits per heavy atom. The summed E-state index contributed by atoms with van der Waals surface area (Å²) in [5, 5.41) is 0.952. The first-order chi connectivity index (χ1) is 21.4. The molecule has 1 fully saturated rings. The number of carbonyl (C=O) groups is 2. The van der Waals surface area contributed by atoms with Gasteiger partial charge in [-0.05, 0) is 44.4 Å². The minimum absolute atomic E-state index is 0.0981. The van der Waals surface area contributed by atoms with Gasteiger partial charge in [0.2, 0.25) is 5.91 Å². The molecule has 6 rings (SSSR count). The molecule has 228 valence electrons. The highest BCUT2D eigenvalue weighted by molar-refractivity contribution is 7.07. The van der Waals surface area contributed by atoms with E-state index in [9.17, 15) is 14.4 Å². The van der Waals surface area contributed by atoms with Crippen molar-refractivity contribution in [2.75, 3.05) is 26.8 Å². The molecule has 2 aromatic heterocycles. The highest BCUT2D eigenvalue weighted by atomic mass is 32.1. The van der Waals surface area contributed by atoms with Crippen molar-refractivity contribution in [1.29, 1.82) is 0 Å². The monoisotopic (exact) mass is 612 g/mol. The number of thiazole rings is 1. The van der Waals surface area contributed by atoms with Crippen molar-refractivity contribution in [3.63, 3.8) is 0 Å². The zero-order chi connectivity index (χ0) is 30.8. The molecular weight excluding hydrogens is 576 g/mol. The Kier molecular flexibility index (Phi) is 8.52. The lowest BCUT2D eigenvalue weighted by molar-refractivity contribution is -0.139. The Bertz CT molecular complexity index is 1940. The molecule has 1 saturated heterocycles. The van der Waals surface area contributed by atoms with Gasteiger partial charge in [-0.2, -0.15) is 0 Å². The lowest BCUT2D eigenvalue weighted by atomic mass is 9.93. The number of esters is 1. The third kappa shape index (κ3) is 5.38. The van der Waals surface area contributed by atoms with Crippen LogP contribution >= 0.6 is 11.3 Å². The van der Waals surface area contributed by atoms with E-state index in [0.29, 0.717) is 38.3 Å². The SMILES string of the molecule is CCCC1=C(C(=O)OCC)[C@H](c2ccccc2OC)n2c(s/c(=C/c3cn(CC(=O)N4CCCC4)c4ccccc34)c2=O)=N1. The van der Waals surface area contributed by atoms with E-state index < -0.39 is 12.0 Å². The molecule has 2 aromatic carbocycles. The van der Waals surface area contributed by atoms with Crippen LogP contribution in [-0.4, -0.2) is 52.7 Å². The van der Waals surface area contributed by atoms with E-state index in [1.54, 1.807) is 18.6 Å². The van der Waals surface area contributed by atoms with Crippen LogP contribution in [-0.2, 0) is 20.9 Å². The Morgan fingerprint density at radius 2 is 1.82 bits per heavy atom. The fraction of sp³-hybridized carbons (Fsp3) is 0.353. The Labute approximate surface area is 259 Å². The number of likely N-dealkylation sites (tertiary alicyclic amines) is 1. The smallest absolute Gasteiger partial charge is 0.338 e. The Balaban J connectivity index is 1.53. The number of rotatable bonds is 9. The number of amides is 1. The van der Waals surface area contributed by atoms with Crippen LogP contribution in [0.15, 0.2) is 75.8 Å². The van der Waals surface area contributed by atoms with Gasteiger partial charge in [-0.1, -0.05) is 61.1 Å². The lowest BCUT2D eigenvalue weighted by Gasteiger charge is -2.26. The average Bonchev–Trinajstić information content (AvgIpc) is 3.76. The van der Waals surface area contributed by atoms with Crippen LogP contribution in [0.1, 0.15) is 56.7 Å². The van der Waals surface area contributed by atoms with Gasteiger partial charge in [0.1, 0.15) is 18.3 Å². The third-order valence-electron chi connectivity index (χ3n) is 8.20. The summed E-state index contributed by atoms with van der Waals surface area (Å²) in [6.07, 6.45) is 7.22. The van der Waals surface area contributed by atoms with E-state index in [1.165, 1.54) is 11.3 Å². The number of aromatic nitrogens is 2. The lowest BCUT2D eigenvalue weighted by Crippen LogP contribution is -2.40. The summed E-state index contributed by atoms with van der Waals surface area (Å²) in [6.45, 7) is 5.84. The standard InChI is InChI=1S/C34H36N4O5S/c1-4-12-25-30(33(41)43-5-2)31(24-14-7-9-16-27(24)42-3)38-32(40)28(44-34(38)35-25)19-22-20-37(26-15-8-6-13-23(22)26)21-29(39)36-17-10-11-18-36/h6-9,13-16,19-20,31H,4-5,10-12,17-18,21H2,1-3H3/b28-19+/t31-/m0/s1. The van der Waals surface area contributed by atoms with Gasteiger partial charge < -0.3 is 18.9 Å². The first kappa shape index (κ1) is 29.6. The first-order valence-corrected chi connectivity index (χ1v) is 16.0. The van der Waals surface area contributed by atoms with Crippen LogP contribution < -0.4 is 19.6 Å². The molecule has 9 nitrogen and oxygen atoms in total. The molecule has 0 N–H and O–H groups in total. The van der Waals surface area contributed by atoms with Crippen LogP contribution in [0.4, 0.5) is 0 Å². The number of methoxy groups -OCH3 is 1. The van der Waals surface area contributed by atoms with Crippen molar-refractivity contribution in [2.45, 2.75) is 52.1 Å². The molecule has 0 spiro atoms. The first-order valence-electron chi connectivity index (χ1n) is 15.2. The number of hydrogen-bond donors (Lipinski definition) is 0. The van der Waals surface area contributed by atoms with Crippen LogP contribution in [0.2, 0.25) is 0 Å². The molecule has 4 heterocycles. The van der Waals surface area contributed by atoms with Gasteiger partial charge in [0, 0.05) is 41.3 Å². The zero-order valence-electron chi connectivity index (χ0n) is 25.2. The minimum Gasteiger partial charge on any atom is -0.496 e. The van der Waals surface area contributed by atoms with Gasteiger partial charge in [-0.3, -0.25) is 14.2 Å². The molecule has 2 aliphatic heterocycles. The van der Waals surface area contributed by atoms with Crippen molar-refractivity contribution in [2.24, 2.45) is 4.99 Å². The third-order valence-corrected chi connectivity index (χ3v) is 9.18. The summed E-state index contributed by atoms with van der Waals surface area (Å²) in [7, 11) is 1.58. The zero-order valence-corrected chi connectivity index (χ0v) is 26.1. The normalized spacial score (nSPS) is 16.8. The predicted octanol–water partition coefficient (Wildman–Crippen LogP) is 4.16. The highest BCUT2D eigenvalue weighted by Crippen LogP contribution is 2.37. The molecule has 2 aliphatic rings. The van der Waals surface area contributed by atoms with E-state index in [4.69, 9.17) is 14.5 Å². The maximum Gasteiger partial charge on any atom is 0.338 e.